The van der Waals surface area contributed by atoms with Gasteiger partial charge >= 0.3 is 0 Å². The second-order valence-electron chi connectivity index (χ2n) is 4.75. The predicted molar refractivity (Wildman–Crippen MR) is 89.5 cm³/mol. The number of carbonyl (C=O) groups is 2. The van der Waals surface area contributed by atoms with E-state index >= 15 is 0 Å². The van der Waals surface area contributed by atoms with Crippen LogP contribution < -0.4 is 16.4 Å². The van der Waals surface area contributed by atoms with E-state index in [9.17, 15) is 14.1 Å². The zero-order valence-corrected chi connectivity index (χ0v) is 13.4. The standard InChI is InChI=1S/C16H17N3O3S/c1-11(20)18-12-5-7-14(8-6-12)23(22)15-4-2-3-13(9-15)19-16(21)10-17/h2-9H,10,17H2,1H3,(H,18,20)(H,19,21). The maximum atomic E-state index is 12.6. The number of amides is 2. The zero-order valence-electron chi connectivity index (χ0n) is 12.5. The van der Waals surface area contributed by atoms with Crippen LogP contribution in [0.2, 0.25) is 0 Å². The highest BCUT2D eigenvalue weighted by molar-refractivity contribution is 7.91. The second kappa shape index (κ2) is 7.77. The Morgan fingerprint density at radius 2 is 1.74 bits per heavy atom. The molecule has 0 radical (unpaired) electrons. The number of nitrogens with one attached hydrogen (secondary N) is 2. The lowest BCUT2D eigenvalue weighted by molar-refractivity contribution is -0.115. The van der Waals surface area contributed by atoms with Crippen molar-refractivity contribution < 1.29 is 14.1 Å². The topological polar surface area (TPSA) is 107 Å². The van der Waals surface area contributed by atoms with Gasteiger partial charge in [-0.05, 0) is 36.4 Å². The van der Waals surface area contributed by atoms with Gasteiger partial charge in [0.25, 0.3) is 0 Å². The van der Waals surface area contributed by atoms with E-state index in [1.54, 1.807) is 48.5 Å². The quantitative estimate of drug-likeness (QED) is 0.725. The number of hydrogen-bond donors (Lipinski definition) is 3. The van der Waals surface area contributed by atoms with Crippen molar-refractivity contribution in [1.82, 2.24) is 0 Å². The maximum Gasteiger partial charge on any atom is 0.238 e. The van der Waals surface area contributed by atoms with Crippen LogP contribution in [-0.4, -0.2) is 22.9 Å². The molecular formula is C16H17N3O3S. The van der Waals surface area contributed by atoms with Gasteiger partial charge in [-0.2, -0.15) is 0 Å². The van der Waals surface area contributed by atoms with E-state index in [1.165, 1.54) is 6.92 Å². The molecule has 2 aromatic carbocycles. The molecule has 1 unspecified atom stereocenters. The van der Waals surface area contributed by atoms with Gasteiger partial charge in [-0.25, -0.2) is 0 Å². The van der Waals surface area contributed by atoms with Crippen LogP contribution in [0.4, 0.5) is 11.4 Å². The molecule has 23 heavy (non-hydrogen) atoms. The molecule has 2 rings (SSSR count). The molecule has 1 atom stereocenters. The van der Waals surface area contributed by atoms with Crippen LogP contribution in [0.25, 0.3) is 0 Å². The Labute approximate surface area is 137 Å². The summed E-state index contributed by atoms with van der Waals surface area (Å²) >= 11 is -1.39. The van der Waals surface area contributed by atoms with Gasteiger partial charge in [0.05, 0.1) is 6.54 Å². The van der Waals surface area contributed by atoms with Crippen molar-refractivity contribution in [3.05, 3.63) is 48.5 Å². The van der Waals surface area contributed by atoms with Crippen LogP contribution in [0.1, 0.15) is 6.92 Å². The number of nitrogens with two attached hydrogens (primary N) is 1. The normalized spacial score (nSPS) is 11.6. The fourth-order valence-electron chi connectivity index (χ4n) is 1.90. The minimum absolute atomic E-state index is 0.113. The summed E-state index contributed by atoms with van der Waals surface area (Å²) in [6.07, 6.45) is 0. The van der Waals surface area contributed by atoms with Gasteiger partial charge in [0.15, 0.2) is 9.79 Å². The Hall–Kier alpha value is -2.35. The highest BCUT2D eigenvalue weighted by Crippen LogP contribution is 2.24. The Kier molecular flexibility index (Phi) is 5.75. The van der Waals surface area contributed by atoms with Crippen LogP contribution in [0.3, 0.4) is 0 Å². The lowest BCUT2D eigenvalue weighted by Gasteiger charge is -2.12. The van der Waals surface area contributed by atoms with Gasteiger partial charge in [-0.3, -0.25) is 9.59 Å². The molecule has 0 spiro atoms. The molecule has 120 valence electrons. The van der Waals surface area contributed by atoms with Crippen molar-refractivity contribution in [2.24, 2.45) is 5.73 Å². The first-order valence-corrected chi connectivity index (χ1v) is 8.04. The summed E-state index contributed by atoms with van der Waals surface area (Å²) in [4.78, 5) is 23.5. The average Bonchev–Trinajstić information content (AvgIpc) is 2.54. The SMILES string of the molecule is CC(=O)Nc1ccc([S+]([O-])c2cccc(NC(=O)CN)c2)cc1. The molecule has 0 bridgehead atoms. The number of benzene rings is 2. The van der Waals surface area contributed by atoms with E-state index in [-0.39, 0.29) is 18.4 Å². The van der Waals surface area contributed by atoms with E-state index in [0.29, 0.717) is 21.2 Å². The lowest BCUT2D eigenvalue weighted by Crippen LogP contribution is -2.21. The van der Waals surface area contributed by atoms with Gasteiger partial charge in [0, 0.05) is 35.5 Å². The fourth-order valence-corrected chi connectivity index (χ4v) is 2.99. The van der Waals surface area contributed by atoms with Crippen LogP contribution in [0.15, 0.2) is 58.3 Å². The van der Waals surface area contributed by atoms with Gasteiger partial charge < -0.3 is 20.9 Å². The van der Waals surface area contributed by atoms with E-state index < -0.39 is 11.2 Å². The summed E-state index contributed by atoms with van der Waals surface area (Å²) in [5, 5.41) is 5.27. The highest BCUT2D eigenvalue weighted by atomic mass is 32.2. The second-order valence-corrected chi connectivity index (χ2v) is 6.23. The van der Waals surface area contributed by atoms with E-state index in [4.69, 9.17) is 5.73 Å². The van der Waals surface area contributed by atoms with E-state index in [2.05, 4.69) is 10.6 Å². The average molecular weight is 331 g/mol. The number of rotatable bonds is 5. The third-order valence-corrected chi connectivity index (χ3v) is 4.29. The Balaban J connectivity index is 2.16. The largest absolute Gasteiger partial charge is 0.606 e. The molecule has 0 saturated carbocycles. The molecule has 0 saturated heterocycles. The summed E-state index contributed by atoms with van der Waals surface area (Å²) in [6, 6.07) is 13.5. The maximum absolute atomic E-state index is 12.6. The van der Waals surface area contributed by atoms with Crippen LogP contribution >= 0.6 is 0 Å². The van der Waals surface area contributed by atoms with Crippen molar-refractivity contribution in [3.8, 4) is 0 Å². The van der Waals surface area contributed by atoms with E-state index in [1.807, 2.05) is 0 Å². The summed E-state index contributed by atoms with van der Waals surface area (Å²) < 4.78 is 12.6. The van der Waals surface area contributed by atoms with Gasteiger partial charge in [-0.1, -0.05) is 6.07 Å². The molecule has 6 nitrogen and oxygen atoms in total. The smallest absolute Gasteiger partial charge is 0.238 e. The molecule has 7 heteroatoms. The van der Waals surface area contributed by atoms with Crippen molar-refractivity contribution >= 4 is 34.4 Å². The molecule has 0 heterocycles. The summed E-state index contributed by atoms with van der Waals surface area (Å²) in [5.74, 6) is -0.477. The van der Waals surface area contributed by atoms with Crippen LogP contribution in [0.5, 0.6) is 0 Å². The van der Waals surface area contributed by atoms with Gasteiger partial charge in [0.1, 0.15) is 0 Å². The molecule has 2 aromatic rings. The third-order valence-electron chi connectivity index (χ3n) is 2.91. The van der Waals surface area contributed by atoms with Crippen molar-refractivity contribution in [2.45, 2.75) is 16.7 Å². The lowest BCUT2D eigenvalue weighted by atomic mass is 10.3. The van der Waals surface area contributed by atoms with Crippen molar-refractivity contribution in [2.75, 3.05) is 17.2 Å². The molecule has 2 amide bonds. The van der Waals surface area contributed by atoms with Gasteiger partial charge in [0.2, 0.25) is 11.8 Å². The van der Waals surface area contributed by atoms with Crippen LogP contribution in [-0.2, 0) is 20.8 Å². The number of carbonyl (C=O) groups excluding carboxylic acids is 2. The Morgan fingerprint density at radius 3 is 2.35 bits per heavy atom. The Morgan fingerprint density at radius 1 is 1.04 bits per heavy atom. The summed E-state index contributed by atoms with van der Waals surface area (Å²) in [6.45, 7) is 1.31. The third kappa shape index (κ3) is 4.82. The van der Waals surface area contributed by atoms with Crippen LogP contribution in [0, 0.1) is 0 Å². The molecule has 0 fully saturated rings. The molecular weight excluding hydrogens is 314 g/mol. The van der Waals surface area contributed by atoms with Crippen molar-refractivity contribution in [3.63, 3.8) is 0 Å². The minimum Gasteiger partial charge on any atom is -0.606 e. The fraction of sp³-hybridized carbons (Fsp3) is 0.125. The molecule has 0 aliphatic carbocycles. The highest BCUT2D eigenvalue weighted by Gasteiger charge is 2.15. The van der Waals surface area contributed by atoms with E-state index in [0.717, 1.165) is 0 Å². The molecule has 4 N–H and O–H groups in total. The first-order chi connectivity index (χ1) is 11.0. The Bertz CT molecular complexity index is 704. The number of hydrogen-bond acceptors (Lipinski definition) is 4. The summed E-state index contributed by atoms with van der Waals surface area (Å²) in [5.41, 5.74) is 6.44. The first kappa shape index (κ1) is 17.0. The molecule has 0 aromatic heterocycles. The van der Waals surface area contributed by atoms with Gasteiger partial charge in [-0.15, -0.1) is 0 Å². The predicted octanol–water partition coefficient (Wildman–Crippen LogP) is 1.71. The monoisotopic (exact) mass is 331 g/mol. The number of anilines is 2. The molecule has 0 aliphatic heterocycles. The van der Waals surface area contributed by atoms with Crippen molar-refractivity contribution in [1.29, 1.82) is 0 Å². The summed E-state index contributed by atoms with van der Waals surface area (Å²) in [7, 11) is 0. The first-order valence-electron chi connectivity index (χ1n) is 6.89. The zero-order chi connectivity index (χ0) is 16.8. The molecule has 0 aliphatic rings. The minimum atomic E-state index is -1.39.